The molecule has 1 aliphatic carbocycles. The second kappa shape index (κ2) is 7.04. The zero-order valence-electron chi connectivity index (χ0n) is 12.1. The topological polar surface area (TPSA) is 84.7 Å². The number of hydrogen-bond donors (Lipinski definition) is 2. The summed E-state index contributed by atoms with van der Waals surface area (Å²) in [5.74, 6) is 0.204. The number of nitrogens with two attached hydrogens (primary N) is 1. The molecule has 2 amide bonds. The lowest BCUT2D eigenvalue weighted by atomic mass is 9.94. The number of morpholine rings is 1. The molecule has 1 aliphatic heterocycles. The van der Waals surface area contributed by atoms with Crippen molar-refractivity contribution in [2.45, 2.75) is 32.2 Å². The molecular formula is C14H25N3O3. The van der Waals surface area contributed by atoms with Gasteiger partial charge < -0.3 is 20.7 Å². The molecule has 114 valence electrons. The summed E-state index contributed by atoms with van der Waals surface area (Å²) in [7, 11) is 0. The van der Waals surface area contributed by atoms with E-state index >= 15 is 0 Å². The fourth-order valence-electron chi connectivity index (χ4n) is 3.23. The maximum absolute atomic E-state index is 12.7. The number of nitrogens with one attached hydrogen (secondary N) is 1. The van der Waals surface area contributed by atoms with Gasteiger partial charge in [-0.15, -0.1) is 0 Å². The molecule has 2 aliphatic rings. The molecule has 1 saturated carbocycles. The molecule has 6 nitrogen and oxygen atoms in total. The van der Waals surface area contributed by atoms with Crippen LogP contribution < -0.4 is 11.1 Å². The highest BCUT2D eigenvalue weighted by Gasteiger charge is 2.40. The summed E-state index contributed by atoms with van der Waals surface area (Å²) >= 11 is 0. The first kappa shape index (κ1) is 15.3. The number of ether oxygens (including phenoxy) is 1. The Hall–Kier alpha value is -1.14. The Kier molecular flexibility index (Phi) is 5.37. The highest BCUT2D eigenvalue weighted by molar-refractivity contribution is 5.89. The minimum atomic E-state index is -0.491. The molecule has 0 spiro atoms. The molecule has 3 atom stereocenters. The zero-order chi connectivity index (χ0) is 14.5. The van der Waals surface area contributed by atoms with Crippen molar-refractivity contribution in [3.63, 3.8) is 0 Å². The molecule has 0 aromatic carbocycles. The molecule has 3 N–H and O–H groups in total. The molecule has 6 heteroatoms. The summed E-state index contributed by atoms with van der Waals surface area (Å²) in [6, 6.07) is -0.491. The first-order valence-corrected chi connectivity index (χ1v) is 7.55. The monoisotopic (exact) mass is 283 g/mol. The van der Waals surface area contributed by atoms with E-state index in [1.54, 1.807) is 4.90 Å². The lowest BCUT2D eigenvalue weighted by Crippen LogP contribution is -2.57. The van der Waals surface area contributed by atoms with E-state index < -0.39 is 6.04 Å². The Morgan fingerprint density at radius 3 is 2.90 bits per heavy atom. The van der Waals surface area contributed by atoms with Gasteiger partial charge in [0, 0.05) is 19.0 Å². The number of nitrogens with zero attached hydrogens (tertiary/aromatic N) is 1. The summed E-state index contributed by atoms with van der Waals surface area (Å²) in [5.41, 5.74) is 5.76. The highest BCUT2D eigenvalue weighted by Crippen LogP contribution is 2.33. The van der Waals surface area contributed by atoms with Crippen molar-refractivity contribution in [3.8, 4) is 0 Å². The van der Waals surface area contributed by atoms with Crippen molar-refractivity contribution in [3.05, 3.63) is 0 Å². The van der Waals surface area contributed by atoms with Crippen LogP contribution in [-0.4, -0.2) is 55.6 Å². The van der Waals surface area contributed by atoms with E-state index in [0.717, 1.165) is 19.3 Å². The van der Waals surface area contributed by atoms with Crippen LogP contribution in [0.2, 0.25) is 0 Å². The van der Waals surface area contributed by atoms with Crippen LogP contribution in [0, 0.1) is 11.8 Å². The van der Waals surface area contributed by atoms with Crippen molar-refractivity contribution < 1.29 is 14.3 Å². The van der Waals surface area contributed by atoms with E-state index in [1.165, 1.54) is 0 Å². The van der Waals surface area contributed by atoms with Gasteiger partial charge in [0.15, 0.2) is 0 Å². The standard InChI is InChI=1S/C14H25N3O3/c1-2-16-13(18)12-9-20-7-6-17(12)14(19)11-5-3-4-10(11)8-15/h10-12H,2-9,15H2,1H3,(H,16,18). The third-order valence-electron chi connectivity index (χ3n) is 4.34. The summed E-state index contributed by atoms with van der Waals surface area (Å²) in [6.07, 6.45) is 2.96. The Morgan fingerprint density at radius 1 is 1.40 bits per heavy atom. The average molecular weight is 283 g/mol. The summed E-state index contributed by atoms with van der Waals surface area (Å²) in [4.78, 5) is 26.5. The Morgan fingerprint density at radius 2 is 2.20 bits per heavy atom. The van der Waals surface area contributed by atoms with Gasteiger partial charge in [-0.2, -0.15) is 0 Å². The van der Waals surface area contributed by atoms with Crippen LogP contribution in [0.15, 0.2) is 0 Å². The van der Waals surface area contributed by atoms with Gasteiger partial charge in [-0.1, -0.05) is 6.42 Å². The first-order valence-electron chi connectivity index (χ1n) is 7.55. The van der Waals surface area contributed by atoms with Crippen LogP contribution >= 0.6 is 0 Å². The molecule has 0 radical (unpaired) electrons. The molecule has 2 rings (SSSR count). The van der Waals surface area contributed by atoms with Gasteiger partial charge in [0.05, 0.1) is 13.2 Å². The van der Waals surface area contributed by atoms with E-state index in [1.807, 2.05) is 6.92 Å². The Labute approximate surface area is 120 Å². The van der Waals surface area contributed by atoms with Crippen LogP contribution in [0.1, 0.15) is 26.2 Å². The molecule has 2 fully saturated rings. The fraction of sp³-hybridized carbons (Fsp3) is 0.857. The minimum absolute atomic E-state index is 0.0185. The average Bonchev–Trinajstić information content (AvgIpc) is 2.95. The van der Waals surface area contributed by atoms with Crippen molar-refractivity contribution in [2.75, 3.05) is 32.8 Å². The van der Waals surface area contributed by atoms with Gasteiger partial charge >= 0.3 is 0 Å². The quantitative estimate of drug-likeness (QED) is 0.743. The molecule has 3 unspecified atom stereocenters. The van der Waals surface area contributed by atoms with E-state index in [0.29, 0.717) is 26.2 Å². The summed E-state index contributed by atoms with van der Waals surface area (Å²) < 4.78 is 5.37. The molecule has 1 heterocycles. The van der Waals surface area contributed by atoms with Crippen molar-refractivity contribution in [1.29, 1.82) is 0 Å². The van der Waals surface area contributed by atoms with Crippen LogP contribution in [0.3, 0.4) is 0 Å². The normalized spacial score (nSPS) is 30.3. The highest BCUT2D eigenvalue weighted by atomic mass is 16.5. The predicted molar refractivity (Wildman–Crippen MR) is 74.9 cm³/mol. The lowest BCUT2D eigenvalue weighted by molar-refractivity contribution is -0.152. The molecule has 20 heavy (non-hydrogen) atoms. The molecule has 0 aromatic heterocycles. The molecule has 0 aromatic rings. The van der Waals surface area contributed by atoms with Crippen LogP contribution in [0.5, 0.6) is 0 Å². The lowest BCUT2D eigenvalue weighted by Gasteiger charge is -2.37. The fourth-order valence-corrected chi connectivity index (χ4v) is 3.23. The molecule has 0 bridgehead atoms. The van der Waals surface area contributed by atoms with E-state index in [4.69, 9.17) is 10.5 Å². The van der Waals surface area contributed by atoms with Gasteiger partial charge in [0.2, 0.25) is 11.8 Å². The van der Waals surface area contributed by atoms with Gasteiger partial charge in [-0.3, -0.25) is 9.59 Å². The maximum atomic E-state index is 12.7. The number of amides is 2. The van der Waals surface area contributed by atoms with Crippen LogP contribution in [0.25, 0.3) is 0 Å². The maximum Gasteiger partial charge on any atom is 0.245 e. The van der Waals surface area contributed by atoms with Gasteiger partial charge in [-0.05, 0) is 32.2 Å². The smallest absolute Gasteiger partial charge is 0.245 e. The third kappa shape index (κ3) is 3.12. The Bertz CT molecular complexity index is 362. The van der Waals surface area contributed by atoms with Gasteiger partial charge in [0.25, 0.3) is 0 Å². The number of hydrogen-bond acceptors (Lipinski definition) is 4. The van der Waals surface area contributed by atoms with Crippen LogP contribution in [0.4, 0.5) is 0 Å². The van der Waals surface area contributed by atoms with Crippen molar-refractivity contribution in [2.24, 2.45) is 17.6 Å². The minimum Gasteiger partial charge on any atom is -0.377 e. The summed E-state index contributed by atoms with van der Waals surface area (Å²) in [5, 5.41) is 2.78. The SMILES string of the molecule is CCNC(=O)C1COCCN1C(=O)C1CCCC1CN. The second-order valence-electron chi connectivity index (χ2n) is 5.55. The number of carbonyl (C=O) groups is 2. The number of carbonyl (C=O) groups excluding carboxylic acids is 2. The zero-order valence-corrected chi connectivity index (χ0v) is 12.1. The van der Waals surface area contributed by atoms with Crippen LogP contribution in [-0.2, 0) is 14.3 Å². The third-order valence-corrected chi connectivity index (χ3v) is 4.34. The van der Waals surface area contributed by atoms with Gasteiger partial charge in [-0.25, -0.2) is 0 Å². The first-order chi connectivity index (χ1) is 9.69. The summed E-state index contributed by atoms with van der Waals surface area (Å²) in [6.45, 7) is 4.27. The van der Waals surface area contributed by atoms with Crippen molar-refractivity contribution >= 4 is 11.8 Å². The number of rotatable bonds is 4. The van der Waals surface area contributed by atoms with E-state index in [-0.39, 0.29) is 30.3 Å². The van der Waals surface area contributed by atoms with E-state index in [2.05, 4.69) is 5.32 Å². The largest absolute Gasteiger partial charge is 0.377 e. The van der Waals surface area contributed by atoms with E-state index in [9.17, 15) is 9.59 Å². The predicted octanol–water partition coefficient (Wildman–Crippen LogP) is -0.275. The van der Waals surface area contributed by atoms with Gasteiger partial charge in [0.1, 0.15) is 6.04 Å². The van der Waals surface area contributed by atoms with Crippen molar-refractivity contribution in [1.82, 2.24) is 10.2 Å². The molecular weight excluding hydrogens is 258 g/mol. The Balaban J connectivity index is 2.07. The molecule has 1 saturated heterocycles. The number of likely N-dealkylation sites (N-methyl/N-ethyl adjacent to an activating group) is 1. The second-order valence-corrected chi connectivity index (χ2v) is 5.55.